The average molecular weight is 541 g/mol. The second-order valence-corrected chi connectivity index (χ2v) is 9.23. The standard InChI is InChI=1S/C13H9.C10H12.C5H5.Hf/c1-3-7-12-10(5-1)9-11-6-2-4-8-13(11)12;1-9(2)8-10-6-4-3-5-7-10;1-2-4-5-3-1;/h1-5,7-8H,9H2;3-7,9H,1-2H3;1-5H;/q-1;;-1;+2. The maximum Gasteiger partial charge on any atom is -0.0253 e. The molecule has 0 bridgehead atoms. The van der Waals surface area contributed by atoms with Crippen LogP contribution < -0.4 is 0 Å². The Morgan fingerprint density at radius 3 is 2.14 bits per heavy atom. The Morgan fingerprint density at radius 2 is 1.48 bits per heavy atom. The Labute approximate surface area is 189 Å². The molecule has 0 atom stereocenters. The molecule has 5 rings (SSSR count). The van der Waals surface area contributed by atoms with Crippen LogP contribution in [0.4, 0.5) is 0 Å². The van der Waals surface area contributed by atoms with Crippen LogP contribution in [-0.4, -0.2) is 3.26 Å². The molecule has 142 valence electrons. The molecule has 0 spiro atoms. The van der Waals surface area contributed by atoms with Crippen LogP contribution in [0.5, 0.6) is 0 Å². The van der Waals surface area contributed by atoms with Crippen molar-refractivity contribution < 1.29 is 23.9 Å². The molecule has 0 aromatic heterocycles. The van der Waals surface area contributed by atoms with Crippen molar-refractivity contribution in [3.05, 3.63) is 126 Å². The normalized spacial score (nSPS) is 10.8. The van der Waals surface area contributed by atoms with Crippen molar-refractivity contribution >= 4 is 3.26 Å². The van der Waals surface area contributed by atoms with Gasteiger partial charge in [0.1, 0.15) is 0 Å². The predicted molar refractivity (Wildman–Crippen MR) is 121 cm³/mol. The molecule has 0 N–H and O–H groups in total. The molecule has 0 nitrogen and oxygen atoms in total. The first-order valence-electron chi connectivity index (χ1n) is 10.0. The van der Waals surface area contributed by atoms with Gasteiger partial charge in [-0.1, -0.05) is 35.4 Å². The quantitative estimate of drug-likeness (QED) is 0.169. The van der Waals surface area contributed by atoms with Crippen LogP contribution >= 0.6 is 0 Å². The Balaban J connectivity index is 0.000000136. The summed E-state index contributed by atoms with van der Waals surface area (Å²) in [5, 5.41) is 0. The molecule has 4 aromatic rings. The van der Waals surface area contributed by atoms with E-state index in [9.17, 15) is 0 Å². The molecule has 29 heavy (non-hydrogen) atoms. The van der Waals surface area contributed by atoms with Crippen molar-refractivity contribution in [3.63, 3.8) is 0 Å². The van der Waals surface area contributed by atoms with E-state index in [1.165, 1.54) is 51.7 Å². The summed E-state index contributed by atoms with van der Waals surface area (Å²) in [5.41, 5.74) is 6.94. The summed E-state index contributed by atoms with van der Waals surface area (Å²) in [7, 11) is 0. The number of benzene rings is 3. The van der Waals surface area contributed by atoms with Crippen LogP contribution in [0.15, 0.2) is 103 Å². The first-order chi connectivity index (χ1) is 14.2. The van der Waals surface area contributed by atoms with E-state index in [0.717, 1.165) is 6.42 Å². The molecule has 0 aliphatic heterocycles. The number of hydrogen-bond acceptors (Lipinski definition) is 0. The van der Waals surface area contributed by atoms with Gasteiger partial charge in [0.05, 0.1) is 0 Å². The van der Waals surface area contributed by atoms with Crippen LogP contribution in [0, 0.1) is 12.0 Å². The van der Waals surface area contributed by atoms with Crippen LogP contribution in [-0.2, 0) is 30.3 Å². The minimum absolute atomic E-state index is 0.712. The molecule has 0 fully saturated rings. The van der Waals surface area contributed by atoms with Gasteiger partial charge in [-0.25, -0.2) is 12.1 Å². The van der Waals surface area contributed by atoms with Gasteiger partial charge in [-0.3, -0.25) is 0 Å². The Hall–Kier alpha value is -2.25. The van der Waals surface area contributed by atoms with E-state index < -0.39 is 0 Å². The number of hydrogen-bond donors (Lipinski definition) is 0. The fraction of sp³-hybridized carbons (Fsp3) is 0.143. The van der Waals surface area contributed by atoms with E-state index in [1.807, 2.05) is 36.4 Å². The summed E-state index contributed by atoms with van der Waals surface area (Å²) in [5.74, 6) is 0.712. The molecule has 0 unspecified atom stereocenters. The van der Waals surface area contributed by atoms with Crippen LogP contribution in [0.3, 0.4) is 0 Å². The van der Waals surface area contributed by atoms with Gasteiger partial charge in [0.15, 0.2) is 0 Å². The van der Waals surface area contributed by atoms with Crippen LogP contribution in [0.1, 0.15) is 30.5 Å². The largest absolute Gasteiger partial charge is 0.214 e. The zero-order valence-electron chi connectivity index (χ0n) is 17.1. The topological polar surface area (TPSA) is 0 Å². The average Bonchev–Trinajstić information content (AvgIpc) is 3.46. The molecule has 0 saturated heterocycles. The summed E-state index contributed by atoms with van der Waals surface area (Å²) in [6.45, 7) is 4.52. The monoisotopic (exact) mass is 542 g/mol. The van der Waals surface area contributed by atoms with Crippen molar-refractivity contribution in [1.29, 1.82) is 0 Å². The van der Waals surface area contributed by atoms with Gasteiger partial charge in [-0.15, -0.1) is 5.56 Å². The fourth-order valence-electron chi connectivity index (χ4n) is 3.27. The van der Waals surface area contributed by atoms with Crippen LogP contribution in [0.2, 0.25) is 0 Å². The number of fused-ring (bicyclic) bond motifs is 3. The van der Waals surface area contributed by atoms with E-state index in [0.29, 0.717) is 5.92 Å². The minimum Gasteiger partial charge on any atom is -0.214 e. The van der Waals surface area contributed by atoms with E-state index in [4.69, 9.17) is 0 Å². The first-order valence-corrected chi connectivity index (χ1v) is 11.8. The van der Waals surface area contributed by atoms with E-state index in [2.05, 4.69) is 86.6 Å². The summed E-state index contributed by atoms with van der Waals surface area (Å²) in [6.07, 6.45) is 1.05. The molecule has 0 heterocycles. The second-order valence-electron chi connectivity index (χ2n) is 7.29. The molecule has 4 aromatic carbocycles. The summed E-state index contributed by atoms with van der Waals surface area (Å²) < 4.78 is 1.60. The molecule has 1 heteroatoms. The van der Waals surface area contributed by atoms with Crippen molar-refractivity contribution in [2.75, 3.05) is 0 Å². The third-order valence-corrected chi connectivity index (χ3v) is 7.95. The SMILES string of the molecule is CC(C)[C](=[Hf+2])c1ccccc1.[c-]1cccc2c1Cc1ccccc1-2.c1cc[cH-]c1. The smallest absolute Gasteiger partial charge is 0.0253 e. The van der Waals surface area contributed by atoms with Crippen LogP contribution in [0.25, 0.3) is 11.1 Å². The third kappa shape index (κ3) is 6.11. The molecule has 1 aliphatic rings. The molecule has 0 saturated carbocycles. The van der Waals surface area contributed by atoms with Crippen molar-refractivity contribution in [3.8, 4) is 11.1 Å². The molecule has 1 aliphatic carbocycles. The van der Waals surface area contributed by atoms with Gasteiger partial charge in [0, 0.05) is 0 Å². The van der Waals surface area contributed by atoms with Gasteiger partial charge < -0.3 is 0 Å². The van der Waals surface area contributed by atoms with Gasteiger partial charge >= 0.3 is 82.8 Å². The molecule has 0 amide bonds. The summed E-state index contributed by atoms with van der Waals surface area (Å²) >= 11 is 1.18. The van der Waals surface area contributed by atoms with Gasteiger partial charge in [-0.05, 0) is 6.42 Å². The molecular weight excluding hydrogens is 515 g/mol. The van der Waals surface area contributed by atoms with E-state index in [1.54, 1.807) is 3.26 Å². The van der Waals surface area contributed by atoms with Crippen molar-refractivity contribution in [2.45, 2.75) is 20.3 Å². The molecule has 0 radical (unpaired) electrons. The maximum atomic E-state index is 3.30. The Bertz CT molecular complexity index is 950. The number of rotatable bonds is 2. The minimum atomic E-state index is 0.712. The summed E-state index contributed by atoms with van der Waals surface area (Å²) in [6, 6.07) is 38.8. The molecular formula is C28H26Hf. The fourth-order valence-corrected chi connectivity index (χ4v) is 3.87. The summed E-state index contributed by atoms with van der Waals surface area (Å²) in [4.78, 5) is 0. The van der Waals surface area contributed by atoms with Gasteiger partial charge in [0.25, 0.3) is 0 Å². The van der Waals surface area contributed by atoms with E-state index in [-0.39, 0.29) is 0 Å². The van der Waals surface area contributed by atoms with E-state index >= 15 is 0 Å². The van der Waals surface area contributed by atoms with Gasteiger partial charge in [-0.2, -0.15) is 48.0 Å². The van der Waals surface area contributed by atoms with Crippen molar-refractivity contribution in [1.82, 2.24) is 0 Å². The Kier molecular flexibility index (Phi) is 8.19. The maximum absolute atomic E-state index is 3.30. The zero-order valence-corrected chi connectivity index (χ0v) is 20.7. The Morgan fingerprint density at radius 1 is 0.828 bits per heavy atom. The van der Waals surface area contributed by atoms with Gasteiger partial charge in [0.2, 0.25) is 0 Å². The van der Waals surface area contributed by atoms with Crippen molar-refractivity contribution in [2.24, 2.45) is 5.92 Å². The first kappa shape index (κ1) is 21.5. The second kappa shape index (κ2) is 11.1. The zero-order chi connectivity index (χ0) is 20.5. The predicted octanol–water partition coefficient (Wildman–Crippen LogP) is 6.87. The third-order valence-electron chi connectivity index (χ3n) is 4.83.